The van der Waals surface area contributed by atoms with Crippen molar-refractivity contribution in [2.24, 2.45) is 0 Å². The number of halogens is 1. The summed E-state index contributed by atoms with van der Waals surface area (Å²) in [7, 11) is 0. The number of carbonyl (C=O) groups is 1. The standard InChI is InChI=1S/C22H23ClN4O2S/c1-3-13-27-20(14-29-19-11-9-18(23)10-12-19)25-26-22(27)30-15-21(28)24-16(2)17-7-5-4-6-8-17/h3-12,16H,1,13-15H2,2H3,(H,24,28). The van der Waals surface area contributed by atoms with Crippen LogP contribution in [0.3, 0.4) is 0 Å². The lowest BCUT2D eigenvalue weighted by atomic mass is 10.1. The monoisotopic (exact) mass is 442 g/mol. The van der Waals surface area contributed by atoms with E-state index in [0.29, 0.717) is 28.3 Å². The molecular formula is C22H23ClN4O2S. The highest BCUT2D eigenvalue weighted by atomic mass is 35.5. The van der Waals surface area contributed by atoms with Crippen molar-refractivity contribution in [2.75, 3.05) is 5.75 Å². The summed E-state index contributed by atoms with van der Waals surface area (Å²) in [6, 6.07) is 16.9. The molecule has 0 bridgehead atoms. The van der Waals surface area contributed by atoms with Gasteiger partial charge in [0, 0.05) is 11.6 Å². The molecule has 0 radical (unpaired) electrons. The van der Waals surface area contributed by atoms with Gasteiger partial charge in [-0.05, 0) is 36.8 Å². The number of rotatable bonds is 10. The van der Waals surface area contributed by atoms with Crippen LogP contribution < -0.4 is 10.1 Å². The van der Waals surface area contributed by atoms with Crippen LogP contribution in [0.4, 0.5) is 0 Å². The number of nitrogens with one attached hydrogen (secondary N) is 1. The fourth-order valence-electron chi connectivity index (χ4n) is 2.76. The predicted octanol–water partition coefficient (Wildman–Crippen LogP) is 4.67. The number of ether oxygens (including phenoxy) is 1. The van der Waals surface area contributed by atoms with Crippen molar-refractivity contribution in [3.05, 3.63) is 83.7 Å². The van der Waals surface area contributed by atoms with Gasteiger partial charge in [-0.1, -0.05) is 59.8 Å². The number of benzene rings is 2. The van der Waals surface area contributed by atoms with Gasteiger partial charge in [-0.15, -0.1) is 16.8 Å². The first kappa shape index (κ1) is 21.9. The molecule has 1 amide bonds. The minimum absolute atomic E-state index is 0.0614. The zero-order valence-electron chi connectivity index (χ0n) is 16.6. The summed E-state index contributed by atoms with van der Waals surface area (Å²) >= 11 is 7.23. The van der Waals surface area contributed by atoms with Gasteiger partial charge in [0.1, 0.15) is 12.4 Å². The highest BCUT2D eigenvalue weighted by Crippen LogP contribution is 2.20. The van der Waals surface area contributed by atoms with E-state index >= 15 is 0 Å². The smallest absolute Gasteiger partial charge is 0.230 e. The van der Waals surface area contributed by atoms with Crippen LogP contribution in [0, 0.1) is 0 Å². The zero-order valence-corrected chi connectivity index (χ0v) is 18.2. The van der Waals surface area contributed by atoms with E-state index in [4.69, 9.17) is 16.3 Å². The van der Waals surface area contributed by atoms with Gasteiger partial charge >= 0.3 is 0 Å². The molecule has 1 heterocycles. The number of nitrogens with zero attached hydrogens (tertiary/aromatic N) is 3. The van der Waals surface area contributed by atoms with E-state index in [2.05, 4.69) is 22.1 Å². The SMILES string of the molecule is C=CCn1c(COc2ccc(Cl)cc2)nnc1SCC(=O)NC(C)c1ccccc1. The Bertz CT molecular complexity index is 977. The molecular weight excluding hydrogens is 420 g/mol. The first-order valence-corrected chi connectivity index (χ1v) is 10.8. The minimum atomic E-state index is -0.0662. The van der Waals surface area contributed by atoms with E-state index in [1.165, 1.54) is 11.8 Å². The van der Waals surface area contributed by atoms with Crippen LogP contribution >= 0.6 is 23.4 Å². The third kappa shape index (κ3) is 6.11. The Morgan fingerprint density at radius 2 is 1.97 bits per heavy atom. The molecule has 3 aromatic rings. The molecule has 0 saturated heterocycles. The molecule has 1 aromatic heterocycles. The van der Waals surface area contributed by atoms with Crippen molar-refractivity contribution in [1.29, 1.82) is 0 Å². The fourth-order valence-corrected chi connectivity index (χ4v) is 3.67. The molecule has 2 aromatic carbocycles. The third-order valence-electron chi connectivity index (χ3n) is 4.30. The van der Waals surface area contributed by atoms with Crippen LogP contribution in [-0.2, 0) is 17.9 Å². The molecule has 0 aliphatic heterocycles. The van der Waals surface area contributed by atoms with Gasteiger partial charge in [0.2, 0.25) is 5.91 Å². The van der Waals surface area contributed by atoms with Crippen molar-refractivity contribution in [3.63, 3.8) is 0 Å². The highest BCUT2D eigenvalue weighted by molar-refractivity contribution is 7.99. The molecule has 0 spiro atoms. The Morgan fingerprint density at radius 3 is 2.67 bits per heavy atom. The Labute approximate surface area is 185 Å². The van der Waals surface area contributed by atoms with Gasteiger partial charge < -0.3 is 10.1 Å². The number of amides is 1. The van der Waals surface area contributed by atoms with Gasteiger partial charge in [0.25, 0.3) is 0 Å². The topological polar surface area (TPSA) is 69.0 Å². The van der Waals surface area contributed by atoms with Gasteiger partial charge in [0.15, 0.2) is 11.0 Å². The molecule has 1 atom stereocenters. The Kier molecular flexibility index (Phi) is 7.93. The average Bonchev–Trinajstić information content (AvgIpc) is 3.14. The van der Waals surface area contributed by atoms with Gasteiger partial charge in [-0.2, -0.15) is 0 Å². The molecule has 6 nitrogen and oxygen atoms in total. The second-order valence-corrected chi connectivity index (χ2v) is 7.91. The number of aromatic nitrogens is 3. The fraction of sp³-hybridized carbons (Fsp3) is 0.227. The number of thioether (sulfide) groups is 1. The van der Waals surface area contributed by atoms with Crippen molar-refractivity contribution < 1.29 is 9.53 Å². The van der Waals surface area contributed by atoms with Crippen molar-refractivity contribution in [2.45, 2.75) is 31.3 Å². The molecule has 30 heavy (non-hydrogen) atoms. The van der Waals surface area contributed by atoms with Crippen molar-refractivity contribution in [1.82, 2.24) is 20.1 Å². The first-order chi connectivity index (χ1) is 14.6. The van der Waals surface area contributed by atoms with Crippen molar-refractivity contribution >= 4 is 29.3 Å². The van der Waals surface area contributed by atoms with E-state index in [1.54, 1.807) is 30.3 Å². The predicted molar refractivity (Wildman–Crippen MR) is 120 cm³/mol. The summed E-state index contributed by atoms with van der Waals surface area (Å²) in [4.78, 5) is 12.4. The molecule has 0 saturated carbocycles. The zero-order chi connectivity index (χ0) is 21.3. The summed E-state index contributed by atoms with van der Waals surface area (Å²) in [6.07, 6.45) is 1.76. The first-order valence-electron chi connectivity index (χ1n) is 9.45. The lowest BCUT2D eigenvalue weighted by Crippen LogP contribution is -2.28. The third-order valence-corrected chi connectivity index (χ3v) is 5.51. The number of carbonyl (C=O) groups excluding carboxylic acids is 1. The second kappa shape index (κ2) is 10.8. The molecule has 0 aliphatic rings. The molecule has 8 heteroatoms. The second-order valence-electron chi connectivity index (χ2n) is 6.53. The lowest BCUT2D eigenvalue weighted by molar-refractivity contribution is -0.119. The Balaban J connectivity index is 1.58. The molecule has 0 fully saturated rings. The summed E-state index contributed by atoms with van der Waals surface area (Å²) in [5.41, 5.74) is 1.06. The van der Waals surface area contributed by atoms with E-state index < -0.39 is 0 Å². The minimum Gasteiger partial charge on any atom is -0.486 e. The molecule has 0 aliphatic carbocycles. The van der Waals surface area contributed by atoms with Crippen molar-refractivity contribution in [3.8, 4) is 5.75 Å². The molecule has 1 unspecified atom stereocenters. The number of hydrogen-bond acceptors (Lipinski definition) is 5. The van der Waals surface area contributed by atoms with E-state index in [-0.39, 0.29) is 24.3 Å². The molecule has 3 rings (SSSR count). The molecule has 156 valence electrons. The molecule has 1 N–H and O–H groups in total. The lowest BCUT2D eigenvalue weighted by Gasteiger charge is -2.14. The normalized spacial score (nSPS) is 11.7. The van der Waals surface area contributed by atoms with Gasteiger partial charge in [0.05, 0.1) is 11.8 Å². The summed E-state index contributed by atoms with van der Waals surface area (Å²) in [5.74, 6) is 1.52. The summed E-state index contributed by atoms with van der Waals surface area (Å²) in [6.45, 7) is 6.53. The summed E-state index contributed by atoms with van der Waals surface area (Å²) in [5, 5.41) is 12.7. The quantitative estimate of drug-likeness (QED) is 0.365. The maximum atomic E-state index is 12.4. The van der Waals surface area contributed by atoms with Crippen LogP contribution in [0.15, 0.2) is 72.4 Å². The van der Waals surface area contributed by atoms with Crippen LogP contribution in [0.5, 0.6) is 5.75 Å². The van der Waals surface area contributed by atoms with Crippen LogP contribution in [-0.4, -0.2) is 26.4 Å². The highest BCUT2D eigenvalue weighted by Gasteiger charge is 2.15. The average molecular weight is 443 g/mol. The summed E-state index contributed by atoms with van der Waals surface area (Å²) < 4.78 is 7.66. The van der Waals surface area contributed by atoms with Crippen LogP contribution in [0.2, 0.25) is 5.02 Å². The maximum Gasteiger partial charge on any atom is 0.230 e. The van der Waals surface area contributed by atoms with E-state index in [1.807, 2.05) is 41.8 Å². The Hall–Kier alpha value is -2.77. The van der Waals surface area contributed by atoms with Gasteiger partial charge in [-0.3, -0.25) is 9.36 Å². The van der Waals surface area contributed by atoms with Crippen LogP contribution in [0.25, 0.3) is 0 Å². The van der Waals surface area contributed by atoms with Crippen LogP contribution in [0.1, 0.15) is 24.4 Å². The largest absolute Gasteiger partial charge is 0.486 e. The van der Waals surface area contributed by atoms with Gasteiger partial charge in [-0.25, -0.2) is 0 Å². The van der Waals surface area contributed by atoms with E-state index in [9.17, 15) is 4.79 Å². The maximum absolute atomic E-state index is 12.4. The van der Waals surface area contributed by atoms with E-state index in [0.717, 1.165) is 5.56 Å². The number of hydrogen-bond donors (Lipinski definition) is 1. The number of allylic oxidation sites excluding steroid dienone is 1. The Morgan fingerprint density at radius 1 is 1.23 bits per heavy atom.